The molecule has 0 spiro atoms. The van der Waals surface area contributed by atoms with E-state index < -0.39 is 0 Å². The molecule has 0 aromatic carbocycles. The zero-order valence-electron chi connectivity index (χ0n) is 10.4. The molecule has 1 amide bonds. The molecule has 4 heteroatoms. The molecule has 0 unspecified atom stereocenters. The summed E-state index contributed by atoms with van der Waals surface area (Å²) in [6, 6.07) is 0. The summed E-state index contributed by atoms with van der Waals surface area (Å²) in [6.45, 7) is 5.38. The van der Waals surface area contributed by atoms with E-state index in [2.05, 4.69) is 17.6 Å². The van der Waals surface area contributed by atoms with E-state index in [1.807, 2.05) is 6.92 Å². The maximum Gasteiger partial charge on any atom is 0.234 e. The average molecular weight is 228 g/mol. The lowest BCUT2D eigenvalue weighted by atomic mass is 9.77. The number of nitrogens with one attached hydrogen (secondary N) is 2. The quantitative estimate of drug-likeness (QED) is 0.647. The summed E-state index contributed by atoms with van der Waals surface area (Å²) in [7, 11) is 0. The number of aliphatic hydroxyl groups is 1. The van der Waals surface area contributed by atoms with Crippen molar-refractivity contribution in [3.05, 3.63) is 0 Å². The van der Waals surface area contributed by atoms with Gasteiger partial charge in [0.1, 0.15) is 0 Å². The summed E-state index contributed by atoms with van der Waals surface area (Å²) >= 11 is 0. The van der Waals surface area contributed by atoms with Gasteiger partial charge in [0.15, 0.2) is 0 Å². The Morgan fingerprint density at radius 3 is 2.56 bits per heavy atom. The number of aliphatic hydroxyl groups excluding tert-OH is 1. The number of likely N-dealkylation sites (N-methyl/N-ethyl adjacent to an activating group) is 1. The Hall–Kier alpha value is -0.610. The van der Waals surface area contributed by atoms with Crippen LogP contribution in [0.2, 0.25) is 0 Å². The van der Waals surface area contributed by atoms with Gasteiger partial charge in [0.2, 0.25) is 5.91 Å². The third-order valence-electron chi connectivity index (χ3n) is 3.47. The van der Waals surface area contributed by atoms with Crippen molar-refractivity contribution >= 4 is 5.91 Å². The molecular weight excluding hydrogens is 204 g/mol. The third-order valence-corrected chi connectivity index (χ3v) is 3.47. The molecule has 0 atom stereocenters. The van der Waals surface area contributed by atoms with Gasteiger partial charge in [0.25, 0.3) is 0 Å². The molecule has 1 aliphatic rings. The molecule has 94 valence electrons. The largest absolute Gasteiger partial charge is 0.394 e. The topological polar surface area (TPSA) is 61.4 Å². The van der Waals surface area contributed by atoms with Crippen LogP contribution >= 0.6 is 0 Å². The molecule has 4 nitrogen and oxygen atoms in total. The number of carbonyl (C=O) groups is 1. The van der Waals surface area contributed by atoms with Crippen molar-refractivity contribution in [3.63, 3.8) is 0 Å². The highest BCUT2D eigenvalue weighted by molar-refractivity contribution is 5.78. The van der Waals surface area contributed by atoms with Gasteiger partial charge in [-0.3, -0.25) is 4.79 Å². The second-order valence-corrected chi connectivity index (χ2v) is 4.95. The van der Waals surface area contributed by atoms with Crippen LogP contribution in [0.3, 0.4) is 0 Å². The molecule has 3 N–H and O–H groups in total. The van der Waals surface area contributed by atoms with E-state index in [4.69, 9.17) is 0 Å². The lowest BCUT2D eigenvalue weighted by Gasteiger charge is -2.38. The van der Waals surface area contributed by atoms with Gasteiger partial charge in [-0.2, -0.15) is 0 Å². The van der Waals surface area contributed by atoms with E-state index in [-0.39, 0.29) is 18.1 Å². The van der Waals surface area contributed by atoms with Gasteiger partial charge in [0.05, 0.1) is 18.7 Å². The Bertz CT molecular complexity index is 223. The van der Waals surface area contributed by atoms with Crippen LogP contribution in [0.4, 0.5) is 0 Å². The first-order valence-electron chi connectivity index (χ1n) is 6.24. The monoisotopic (exact) mass is 228 g/mol. The van der Waals surface area contributed by atoms with Gasteiger partial charge in [-0.25, -0.2) is 0 Å². The molecule has 0 aliphatic heterocycles. The second-order valence-electron chi connectivity index (χ2n) is 4.95. The van der Waals surface area contributed by atoms with E-state index in [1.165, 1.54) is 0 Å². The van der Waals surface area contributed by atoms with Crippen LogP contribution in [0.1, 0.15) is 39.5 Å². The number of carbonyl (C=O) groups excluding carboxylic acids is 1. The molecule has 1 fully saturated rings. The van der Waals surface area contributed by atoms with Gasteiger partial charge >= 0.3 is 0 Å². The number of hydrogen-bond donors (Lipinski definition) is 3. The van der Waals surface area contributed by atoms with E-state index in [0.29, 0.717) is 12.5 Å². The predicted molar refractivity (Wildman–Crippen MR) is 64.1 cm³/mol. The van der Waals surface area contributed by atoms with Crippen LogP contribution in [0, 0.1) is 5.92 Å². The van der Waals surface area contributed by atoms with Gasteiger partial charge in [-0.05, 0) is 38.1 Å². The minimum absolute atomic E-state index is 0.00884. The van der Waals surface area contributed by atoms with Crippen LogP contribution in [-0.2, 0) is 4.79 Å². The van der Waals surface area contributed by atoms with Crippen LogP contribution < -0.4 is 10.6 Å². The van der Waals surface area contributed by atoms with Crippen molar-refractivity contribution in [2.45, 2.75) is 45.1 Å². The fourth-order valence-electron chi connectivity index (χ4n) is 2.22. The highest BCUT2D eigenvalue weighted by Crippen LogP contribution is 2.31. The van der Waals surface area contributed by atoms with Crippen LogP contribution in [0.15, 0.2) is 0 Å². The maximum atomic E-state index is 11.6. The highest BCUT2D eigenvalue weighted by Gasteiger charge is 2.34. The van der Waals surface area contributed by atoms with Crippen LogP contribution in [-0.4, -0.2) is 36.2 Å². The Morgan fingerprint density at radius 2 is 2.06 bits per heavy atom. The van der Waals surface area contributed by atoms with Crippen molar-refractivity contribution in [2.24, 2.45) is 5.92 Å². The molecule has 1 saturated carbocycles. The minimum Gasteiger partial charge on any atom is -0.394 e. The molecular formula is C12H24N2O2. The summed E-state index contributed by atoms with van der Waals surface area (Å²) in [5.41, 5.74) is -0.362. The average Bonchev–Trinajstić information content (AvgIpc) is 2.30. The lowest BCUT2D eigenvalue weighted by Crippen LogP contribution is -2.55. The van der Waals surface area contributed by atoms with Gasteiger partial charge in [0, 0.05) is 0 Å². The highest BCUT2D eigenvalue weighted by atomic mass is 16.3. The summed E-state index contributed by atoms with van der Waals surface area (Å²) in [5, 5.41) is 15.4. The van der Waals surface area contributed by atoms with Crippen LogP contribution in [0.25, 0.3) is 0 Å². The Balaban J connectivity index is 2.44. The molecule has 0 bridgehead atoms. The zero-order chi connectivity index (χ0) is 12.0. The fraction of sp³-hybridized carbons (Fsp3) is 0.917. The SMILES string of the molecule is CCNCC(=O)NC1(CO)CCC(C)CC1. The van der Waals surface area contributed by atoms with Crippen molar-refractivity contribution < 1.29 is 9.90 Å². The normalized spacial score (nSPS) is 30.1. The number of amides is 1. The van der Waals surface area contributed by atoms with Crippen LogP contribution in [0.5, 0.6) is 0 Å². The Morgan fingerprint density at radius 1 is 1.44 bits per heavy atom. The first kappa shape index (κ1) is 13.5. The Kier molecular flexibility index (Phi) is 5.22. The smallest absolute Gasteiger partial charge is 0.234 e. The van der Waals surface area contributed by atoms with Crippen molar-refractivity contribution in [3.8, 4) is 0 Å². The molecule has 1 aliphatic carbocycles. The molecule has 0 radical (unpaired) electrons. The summed E-state index contributed by atoms with van der Waals surface area (Å²) in [6.07, 6.45) is 3.95. The van der Waals surface area contributed by atoms with E-state index >= 15 is 0 Å². The molecule has 16 heavy (non-hydrogen) atoms. The molecule has 0 heterocycles. The van der Waals surface area contributed by atoms with E-state index in [9.17, 15) is 9.90 Å². The fourth-order valence-corrected chi connectivity index (χ4v) is 2.22. The predicted octanol–water partition coefficient (Wildman–Crippen LogP) is 0.653. The first-order valence-corrected chi connectivity index (χ1v) is 6.24. The summed E-state index contributed by atoms with van der Waals surface area (Å²) in [4.78, 5) is 11.6. The van der Waals surface area contributed by atoms with Crippen molar-refractivity contribution in [1.82, 2.24) is 10.6 Å². The minimum atomic E-state index is -0.362. The standard InChI is InChI=1S/C12H24N2O2/c1-3-13-8-11(16)14-12(9-15)6-4-10(2)5-7-12/h10,13,15H,3-9H2,1-2H3,(H,14,16). The number of hydrogen-bond acceptors (Lipinski definition) is 3. The third kappa shape index (κ3) is 3.76. The molecule has 0 aromatic heterocycles. The second kappa shape index (κ2) is 6.21. The summed E-state index contributed by atoms with van der Waals surface area (Å²) < 4.78 is 0. The van der Waals surface area contributed by atoms with Crippen molar-refractivity contribution in [2.75, 3.05) is 19.7 Å². The van der Waals surface area contributed by atoms with Gasteiger partial charge in [-0.15, -0.1) is 0 Å². The first-order chi connectivity index (χ1) is 7.62. The number of rotatable bonds is 5. The molecule has 1 rings (SSSR count). The maximum absolute atomic E-state index is 11.6. The zero-order valence-corrected chi connectivity index (χ0v) is 10.4. The van der Waals surface area contributed by atoms with Gasteiger partial charge < -0.3 is 15.7 Å². The lowest BCUT2D eigenvalue weighted by molar-refractivity contribution is -0.123. The molecule has 0 saturated heterocycles. The van der Waals surface area contributed by atoms with Crippen molar-refractivity contribution in [1.29, 1.82) is 0 Å². The molecule has 0 aromatic rings. The Labute approximate surface area is 97.8 Å². The summed E-state index contributed by atoms with van der Waals surface area (Å²) in [5.74, 6) is 0.704. The van der Waals surface area contributed by atoms with Gasteiger partial charge in [-0.1, -0.05) is 13.8 Å². The van der Waals surface area contributed by atoms with E-state index in [0.717, 1.165) is 32.2 Å². The van der Waals surface area contributed by atoms with E-state index in [1.54, 1.807) is 0 Å².